The van der Waals surface area contributed by atoms with Gasteiger partial charge in [-0.2, -0.15) is 0 Å². The smallest absolute Gasteiger partial charge is 0.282 e. The summed E-state index contributed by atoms with van der Waals surface area (Å²) >= 11 is 0. The van der Waals surface area contributed by atoms with Crippen molar-refractivity contribution in [3.05, 3.63) is 29.8 Å². The highest BCUT2D eigenvalue weighted by molar-refractivity contribution is 5.99. The lowest BCUT2D eigenvalue weighted by molar-refractivity contribution is -0.144. The molecule has 8 nitrogen and oxygen atoms in total. The van der Waals surface area contributed by atoms with Crippen molar-refractivity contribution in [1.29, 1.82) is 0 Å². The van der Waals surface area contributed by atoms with E-state index in [1.54, 1.807) is 6.07 Å². The second-order valence-electron chi connectivity index (χ2n) is 11.3. The average molecular weight is 460 g/mol. The zero-order valence-corrected chi connectivity index (χ0v) is 20.5. The van der Waals surface area contributed by atoms with E-state index in [0.29, 0.717) is 29.7 Å². The van der Waals surface area contributed by atoms with Crippen molar-refractivity contribution in [1.82, 2.24) is 14.3 Å². The van der Waals surface area contributed by atoms with Gasteiger partial charge in [-0.1, -0.05) is 39.8 Å². The Balaban J connectivity index is 1.84. The van der Waals surface area contributed by atoms with Crippen LogP contribution in [0.5, 0.6) is 0 Å². The van der Waals surface area contributed by atoms with Crippen molar-refractivity contribution in [3.63, 3.8) is 0 Å². The highest BCUT2D eigenvalue weighted by Gasteiger charge is 2.58. The van der Waals surface area contributed by atoms with Crippen LogP contribution in [0.2, 0.25) is 0 Å². The molecule has 0 saturated carbocycles. The summed E-state index contributed by atoms with van der Waals surface area (Å²) in [5.41, 5.74) is 6.71. The number of primary amides is 1. The summed E-state index contributed by atoms with van der Waals surface area (Å²) in [5.74, 6) is -0.289. The number of likely N-dealkylation sites (N-methyl/N-ethyl adjacent to an activating group) is 1. The fraction of sp³-hybridized carbons (Fsp3) is 0.680. The average Bonchev–Trinajstić information content (AvgIpc) is 3.29. The Kier molecular flexibility index (Phi) is 6.33. The molecule has 3 fully saturated rings. The minimum atomic E-state index is -0.677. The SMILES string of the molecule is C[C@@H]1CN(C(=O)[C@H](C(C)(C)C)[N+]2(c3ccccc3C(N)=O)CCN(C)CC2)[C@H]2[C@@H]1OC[C@@H]2O. The van der Waals surface area contributed by atoms with Gasteiger partial charge < -0.3 is 20.5 Å². The van der Waals surface area contributed by atoms with Gasteiger partial charge in [0.1, 0.15) is 17.4 Å². The van der Waals surface area contributed by atoms with Crippen molar-refractivity contribution >= 4 is 17.5 Å². The maximum absolute atomic E-state index is 14.5. The number of amides is 2. The van der Waals surface area contributed by atoms with Crippen LogP contribution in [0.25, 0.3) is 0 Å². The first kappa shape index (κ1) is 24.1. The number of para-hydroxylation sites is 1. The number of hydrogen-bond acceptors (Lipinski definition) is 5. The number of nitrogens with two attached hydrogens (primary N) is 1. The summed E-state index contributed by atoms with van der Waals surface area (Å²) in [6.45, 7) is 12.2. The molecule has 0 aromatic heterocycles. The summed E-state index contributed by atoms with van der Waals surface area (Å²) in [5, 5.41) is 10.7. The van der Waals surface area contributed by atoms with E-state index in [1.165, 1.54) is 0 Å². The van der Waals surface area contributed by atoms with E-state index in [9.17, 15) is 14.7 Å². The summed E-state index contributed by atoms with van der Waals surface area (Å²) in [7, 11) is 2.08. The van der Waals surface area contributed by atoms with Crippen LogP contribution in [0.1, 0.15) is 38.1 Å². The summed E-state index contributed by atoms with van der Waals surface area (Å²) in [4.78, 5) is 31.1. The third-order valence-electron chi connectivity index (χ3n) is 7.84. The summed E-state index contributed by atoms with van der Waals surface area (Å²) in [6, 6.07) is 6.71. The van der Waals surface area contributed by atoms with Gasteiger partial charge in [0.25, 0.3) is 11.8 Å². The van der Waals surface area contributed by atoms with Gasteiger partial charge in [-0.15, -0.1) is 0 Å². The first-order chi connectivity index (χ1) is 15.5. The largest absolute Gasteiger partial charge is 0.388 e. The highest BCUT2D eigenvalue weighted by atomic mass is 16.5. The molecule has 5 atom stereocenters. The van der Waals surface area contributed by atoms with Gasteiger partial charge >= 0.3 is 0 Å². The number of aliphatic hydroxyl groups excluding tert-OH is 1. The van der Waals surface area contributed by atoms with Crippen LogP contribution in [0.3, 0.4) is 0 Å². The number of fused-ring (bicyclic) bond motifs is 1. The molecule has 182 valence electrons. The fourth-order valence-corrected chi connectivity index (χ4v) is 6.40. The lowest BCUT2D eigenvalue weighted by Crippen LogP contribution is -2.72. The van der Waals surface area contributed by atoms with E-state index < -0.39 is 23.5 Å². The van der Waals surface area contributed by atoms with Crippen molar-refractivity contribution in [3.8, 4) is 0 Å². The minimum absolute atomic E-state index is 0.0234. The number of hydrogen-bond donors (Lipinski definition) is 2. The summed E-state index contributed by atoms with van der Waals surface area (Å²) < 4.78 is 6.23. The Morgan fingerprint density at radius 2 is 1.85 bits per heavy atom. The third kappa shape index (κ3) is 4.07. The Morgan fingerprint density at radius 3 is 2.45 bits per heavy atom. The molecule has 0 unspecified atom stereocenters. The molecule has 1 aromatic rings. The highest BCUT2D eigenvalue weighted by Crippen LogP contribution is 2.42. The van der Waals surface area contributed by atoms with Gasteiger partial charge in [0.05, 0.1) is 31.8 Å². The number of piperazine rings is 1. The maximum Gasteiger partial charge on any atom is 0.282 e. The molecular weight excluding hydrogens is 420 g/mol. The third-order valence-corrected chi connectivity index (χ3v) is 7.84. The second kappa shape index (κ2) is 8.65. The zero-order valence-electron chi connectivity index (χ0n) is 20.5. The first-order valence-corrected chi connectivity index (χ1v) is 12.0. The molecule has 0 radical (unpaired) electrons. The zero-order chi connectivity index (χ0) is 24.1. The molecule has 8 heteroatoms. The van der Waals surface area contributed by atoms with Crippen molar-refractivity contribution < 1.29 is 19.4 Å². The van der Waals surface area contributed by atoms with E-state index in [-0.39, 0.29) is 30.6 Å². The molecule has 3 aliphatic rings. The number of likely N-dealkylation sites (tertiary alicyclic amines) is 1. The van der Waals surface area contributed by atoms with E-state index in [2.05, 4.69) is 39.6 Å². The van der Waals surface area contributed by atoms with Crippen LogP contribution in [-0.4, -0.2) is 97.4 Å². The normalized spacial score (nSPS) is 30.8. The lowest BCUT2D eigenvalue weighted by Gasteiger charge is -2.53. The maximum atomic E-state index is 14.5. The van der Waals surface area contributed by atoms with Gasteiger partial charge in [-0.25, -0.2) is 0 Å². The molecule has 1 aromatic carbocycles. The topological polar surface area (TPSA) is 96.1 Å². The van der Waals surface area contributed by atoms with Crippen molar-refractivity contribution in [2.45, 2.75) is 52.0 Å². The number of quaternary nitrogens is 1. The van der Waals surface area contributed by atoms with Gasteiger partial charge in [0, 0.05) is 31.0 Å². The molecule has 4 rings (SSSR count). The molecule has 2 amide bonds. The van der Waals surface area contributed by atoms with E-state index in [1.807, 2.05) is 23.1 Å². The van der Waals surface area contributed by atoms with Crippen LogP contribution in [0.4, 0.5) is 5.69 Å². The van der Waals surface area contributed by atoms with Crippen LogP contribution in [0, 0.1) is 11.3 Å². The van der Waals surface area contributed by atoms with Crippen LogP contribution in [-0.2, 0) is 9.53 Å². The number of carbonyl (C=O) groups excluding carboxylic acids is 2. The second-order valence-corrected chi connectivity index (χ2v) is 11.3. The molecule has 3 N–H and O–H groups in total. The molecule has 3 saturated heterocycles. The number of carbonyl (C=O) groups is 2. The van der Waals surface area contributed by atoms with E-state index in [0.717, 1.165) is 18.8 Å². The fourth-order valence-electron chi connectivity index (χ4n) is 6.40. The molecule has 3 aliphatic heterocycles. The predicted molar refractivity (Wildman–Crippen MR) is 128 cm³/mol. The van der Waals surface area contributed by atoms with Gasteiger partial charge in [-0.3, -0.25) is 19.0 Å². The molecule has 3 heterocycles. The van der Waals surface area contributed by atoms with E-state index in [4.69, 9.17) is 10.5 Å². The molecule has 33 heavy (non-hydrogen) atoms. The lowest BCUT2D eigenvalue weighted by atomic mass is 9.81. The van der Waals surface area contributed by atoms with Crippen molar-refractivity contribution in [2.24, 2.45) is 17.1 Å². The standard InChI is InChI=1S/C25H38N4O4/c1-16-14-28(20-19(30)15-33-21(16)20)24(32)22(25(2,3)4)29(12-10-27(5)11-13-29)18-9-7-6-8-17(18)23(26)31/h6-9,16,19-22,30H,10-15H2,1-5H3,(H-,26,31)/p+1/t16-,19+,20-,21-,22-/m1/s1. The monoisotopic (exact) mass is 459 g/mol. The summed E-state index contributed by atoms with van der Waals surface area (Å²) in [6.07, 6.45) is -0.813. The van der Waals surface area contributed by atoms with Crippen molar-refractivity contribution in [2.75, 3.05) is 46.4 Å². The van der Waals surface area contributed by atoms with Gasteiger partial charge in [0.15, 0.2) is 6.04 Å². The number of aliphatic hydroxyl groups is 1. The Hall–Kier alpha value is -2.00. The quantitative estimate of drug-likeness (QED) is 0.657. The molecular formula is C25H39N4O4+. The molecule has 0 bridgehead atoms. The van der Waals surface area contributed by atoms with Gasteiger partial charge in [0.2, 0.25) is 0 Å². The Labute approximate surface area is 196 Å². The number of ether oxygens (including phenoxy) is 1. The Morgan fingerprint density at radius 1 is 1.21 bits per heavy atom. The first-order valence-electron chi connectivity index (χ1n) is 12.0. The number of rotatable bonds is 4. The Bertz CT molecular complexity index is 906. The molecule has 0 aliphatic carbocycles. The molecule has 0 spiro atoms. The van der Waals surface area contributed by atoms with Crippen LogP contribution in [0.15, 0.2) is 24.3 Å². The van der Waals surface area contributed by atoms with Crippen LogP contribution >= 0.6 is 0 Å². The number of benzene rings is 1. The van der Waals surface area contributed by atoms with E-state index >= 15 is 0 Å². The van der Waals surface area contributed by atoms with Crippen LogP contribution < -0.4 is 10.2 Å². The number of nitrogens with zero attached hydrogens (tertiary/aromatic N) is 3. The minimum Gasteiger partial charge on any atom is -0.388 e. The predicted octanol–water partition coefficient (Wildman–Crippen LogP) is 1.06. The van der Waals surface area contributed by atoms with Gasteiger partial charge in [-0.05, 0) is 19.2 Å².